The molecule has 1 aliphatic heterocycles. The minimum atomic E-state index is -1.71. The van der Waals surface area contributed by atoms with Gasteiger partial charge in [-0.25, -0.2) is 0 Å². The van der Waals surface area contributed by atoms with E-state index in [1.54, 1.807) is 11.1 Å². The number of hydrogen-bond donors (Lipinski definition) is 0. The normalized spacial score (nSPS) is 14.5. The van der Waals surface area contributed by atoms with Gasteiger partial charge in [0, 0.05) is 16.5 Å². The van der Waals surface area contributed by atoms with Crippen LogP contribution in [0.15, 0.2) is 281 Å². The van der Waals surface area contributed by atoms with Crippen molar-refractivity contribution in [2.24, 2.45) is 0 Å². The van der Waals surface area contributed by atoms with Crippen LogP contribution in [0.4, 0.5) is 34.1 Å². The van der Waals surface area contributed by atoms with E-state index in [0.717, 1.165) is 92.8 Å². The quantitative estimate of drug-likeness (QED) is 0.0625. The first kappa shape index (κ1) is 54.8. The minimum absolute atomic E-state index is 0.749. The second-order valence-electron chi connectivity index (χ2n) is 27.1. The van der Waals surface area contributed by atoms with Crippen LogP contribution in [0.1, 0.15) is 48.9 Å². The van der Waals surface area contributed by atoms with E-state index in [0.29, 0.717) is 0 Å². The zero-order valence-electron chi connectivity index (χ0n) is 52.9. The molecule has 16 aromatic rings. The Morgan fingerprint density at radius 2 is 0.914 bits per heavy atom. The Morgan fingerprint density at radius 3 is 1.51 bits per heavy atom. The predicted molar refractivity (Wildman–Crippen MR) is 404 cm³/mol. The fraction of sp³-hybridized carbons (Fsp3) is 0.116. The summed E-state index contributed by atoms with van der Waals surface area (Å²) in [5, 5.41) is 13.1. The molecule has 7 heteroatoms. The molecule has 93 heavy (non-hydrogen) atoms. The van der Waals surface area contributed by atoms with Crippen LogP contribution in [0.5, 0.6) is 0 Å². The van der Waals surface area contributed by atoms with Gasteiger partial charge in [-0.15, -0.1) is 0 Å². The third-order valence-corrected chi connectivity index (χ3v) is 29.4. The first-order valence-corrected chi connectivity index (χ1v) is 40.6. The summed E-state index contributed by atoms with van der Waals surface area (Å²) >= 11 is -1.52. The van der Waals surface area contributed by atoms with Crippen LogP contribution in [-0.4, -0.2) is 21.5 Å². The summed E-state index contributed by atoms with van der Waals surface area (Å²) in [4.78, 5) is 7.54. The third-order valence-electron chi connectivity index (χ3n) is 21.1. The van der Waals surface area contributed by atoms with Gasteiger partial charge in [0.15, 0.2) is 5.58 Å². The summed E-state index contributed by atoms with van der Waals surface area (Å²) in [7, 11) is -1.71. The number of hydrogen-bond acceptors (Lipinski definition) is 4. The number of anilines is 6. The summed E-state index contributed by atoms with van der Waals surface area (Å²) < 4.78 is 19.0. The number of aromatic nitrogens is 1. The van der Waals surface area contributed by atoms with Gasteiger partial charge < -0.3 is 4.42 Å². The Hall–Kier alpha value is -9.93. The Morgan fingerprint density at radius 1 is 0.419 bits per heavy atom. The van der Waals surface area contributed by atoms with E-state index in [2.05, 4.69) is 314 Å². The number of fused-ring (bicyclic) bond motifs is 22. The number of allylic oxidation sites excluding steroid dienone is 2. The van der Waals surface area contributed by atoms with Crippen molar-refractivity contribution in [2.75, 3.05) is 14.7 Å². The number of benzene rings is 13. The molecule has 0 radical (unpaired) electrons. The Labute approximate surface area is 548 Å². The SMILES string of the molecule is CC1=C(C)CC(I(C)c2ccc(N(c3ccc4c(c3)c3cc(N(c5ccc([Si](C)(C)C)cc5)c5cccc6c5oc5ccccc56)cc5c3n4-c3ccccc3C53c4ccc5ccccc5c4-c4c3ccc3ccccc43)c3cccc4c3oc3ccccc34)cc2)C1. The second-order valence-corrected chi connectivity index (χ2v) is 38.2. The van der Waals surface area contributed by atoms with Gasteiger partial charge in [0.05, 0.1) is 13.8 Å². The molecule has 448 valence electrons. The third kappa shape index (κ3) is 7.90. The fourth-order valence-electron chi connectivity index (χ4n) is 16.6. The van der Waals surface area contributed by atoms with Crippen LogP contribution >= 0.6 is 19.8 Å². The molecule has 0 unspecified atom stereocenters. The Bertz CT molecular complexity index is 5780. The van der Waals surface area contributed by atoms with Crippen LogP contribution in [0, 0.1) is 3.57 Å². The Kier molecular flexibility index (Phi) is 11.9. The summed E-state index contributed by atoms with van der Waals surface area (Å²) in [6.07, 6.45) is 2.45. The van der Waals surface area contributed by atoms with Crippen LogP contribution < -0.4 is 15.0 Å². The topological polar surface area (TPSA) is 37.7 Å². The van der Waals surface area contributed by atoms with Gasteiger partial charge in [-0.05, 0) is 68.1 Å². The molecule has 1 spiro atoms. The monoisotopic (exact) mass is 1330 g/mol. The molecule has 13 aromatic carbocycles. The summed E-state index contributed by atoms with van der Waals surface area (Å²) in [6, 6.07) is 98.8. The predicted octanol–water partition coefficient (Wildman–Crippen LogP) is 23.9. The first-order valence-electron chi connectivity index (χ1n) is 32.6. The average molecular weight is 1330 g/mol. The van der Waals surface area contributed by atoms with Gasteiger partial charge in [0.2, 0.25) is 0 Å². The number of halogens is 1. The van der Waals surface area contributed by atoms with Crippen molar-refractivity contribution >= 4 is 154 Å². The molecule has 3 aliphatic rings. The van der Waals surface area contributed by atoms with Gasteiger partial charge in [-0.2, -0.15) is 0 Å². The number of rotatable bonds is 9. The van der Waals surface area contributed by atoms with Crippen LogP contribution in [-0.2, 0) is 5.41 Å². The van der Waals surface area contributed by atoms with E-state index in [9.17, 15) is 0 Å². The van der Waals surface area contributed by atoms with Crippen molar-refractivity contribution < 1.29 is 8.83 Å². The molecule has 4 heterocycles. The van der Waals surface area contributed by atoms with Gasteiger partial charge >= 0.3 is 281 Å². The fourth-order valence-corrected chi connectivity index (χ4v) is 22.9. The van der Waals surface area contributed by atoms with Gasteiger partial charge in [0.1, 0.15) is 5.58 Å². The number of furan rings is 2. The number of alkyl halides is 2. The molecular formula is C86H66IN3O2Si. The van der Waals surface area contributed by atoms with Crippen molar-refractivity contribution in [3.63, 3.8) is 0 Å². The van der Waals surface area contributed by atoms with E-state index in [4.69, 9.17) is 8.83 Å². The zero-order chi connectivity index (χ0) is 62.2. The van der Waals surface area contributed by atoms with Gasteiger partial charge in [-0.3, -0.25) is 0 Å². The van der Waals surface area contributed by atoms with Crippen molar-refractivity contribution in [3.05, 3.63) is 298 Å². The van der Waals surface area contributed by atoms with E-state index < -0.39 is 33.3 Å². The van der Waals surface area contributed by atoms with Gasteiger partial charge in [0.25, 0.3) is 0 Å². The van der Waals surface area contributed by atoms with E-state index in [1.165, 1.54) is 93.1 Å². The summed E-state index contributed by atoms with van der Waals surface area (Å²) in [5.41, 5.74) is 23.3. The molecule has 2 aliphatic carbocycles. The molecule has 3 aromatic heterocycles. The molecule has 0 saturated carbocycles. The van der Waals surface area contributed by atoms with Crippen molar-refractivity contribution in [2.45, 2.75) is 55.7 Å². The maximum absolute atomic E-state index is 7.11. The van der Waals surface area contributed by atoms with E-state index in [-0.39, 0.29) is 0 Å². The molecule has 0 saturated heterocycles. The number of nitrogens with zero attached hydrogens (tertiary/aromatic N) is 3. The van der Waals surface area contributed by atoms with Crippen LogP contribution in [0.2, 0.25) is 19.6 Å². The average Bonchev–Trinajstić information content (AvgIpc) is 1.52. The summed E-state index contributed by atoms with van der Waals surface area (Å²) in [5.74, 6) is 0. The van der Waals surface area contributed by atoms with Crippen molar-refractivity contribution in [3.8, 4) is 16.8 Å². The maximum atomic E-state index is 7.11. The zero-order valence-corrected chi connectivity index (χ0v) is 56.0. The molecule has 0 N–H and O–H groups in total. The molecular weight excluding hydrogens is 1260 g/mol. The standard InChI is InChI=1S/C86H66IN3O2Si/c1-52-47-57(48-53(52)2)87(3)56-35-37-58(38-36-56)88(77-29-17-25-67-65-23-11-15-31-79(65)91-84(67)77)60-41-46-75-69(49-60)70-50-61(89(59-39-42-62(43-40-59)93(4,5)6)78-30-18-26-68-66-24-12-16-32-80(66)92-85(68)78)51-74-83(70)90(75)76-28-14-13-27-71(76)86(74)72-44-33-54-19-7-9-21-63(54)81(72)82-64-22-10-8-20-55(64)34-45-73(82)86/h7-46,49-51,57H,47-48H2,1-6H3. The van der Waals surface area contributed by atoms with E-state index in [1.807, 2.05) is 0 Å². The molecule has 0 bridgehead atoms. The second kappa shape index (κ2) is 20.3. The molecule has 0 atom stereocenters. The van der Waals surface area contributed by atoms with Crippen LogP contribution in [0.3, 0.4) is 0 Å². The van der Waals surface area contributed by atoms with E-state index >= 15 is 0 Å². The van der Waals surface area contributed by atoms with Crippen molar-refractivity contribution in [1.29, 1.82) is 0 Å². The van der Waals surface area contributed by atoms with Crippen LogP contribution in [0.25, 0.3) is 104 Å². The number of para-hydroxylation sites is 5. The Balaban J connectivity index is 0.939. The molecule has 19 rings (SSSR count). The first-order chi connectivity index (χ1) is 45.5. The summed E-state index contributed by atoms with van der Waals surface area (Å²) in [6.45, 7) is 12.0. The molecule has 5 nitrogen and oxygen atoms in total. The molecule has 0 amide bonds. The molecule has 0 fully saturated rings. The van der Waals surface area contributed by atoms with Crippen molar-refractivity contribution in [1.82, 2.24) is 4.57 Å². The van der Waals surface area contributed by atoms with Gasteiger partial charge in [-0.1, -0.05) is 158 Å².